The van der Waals surface area contributed by atoms with Crippen LogP contribution in [0.4, 0.5) is 0 Å². The molecule has 5 aliphatic rings. The first-order chi connectivity index (χ1) is 17.4. The molecular formula is C27H31N5O4. The number of rotatable bonds is 7. The van der Waals surface area contributed by atoms with Crippen LogP contribution in [0, 0.1) is 40.9 Å². The molecule has 1 saturated heterocycles. The Kier molecular flexibility index (Phi) is 5.43. The summed E-state index contributed by atoms with van der Waals surface area (Å²) in [6.45, 7) is 0.662. The molecule has 188 valence electrons. The zero-order chi connectivity index (χ0) is 25.0. The van der Waals surface area contributed by atoms with E-state index in [1.807, 2.05) is 18.2 Å². The van der Waals surface area contributed by atoms with Gasteiger partial charge in [0.2, 0.25) is 11.8 Å². The number of amides is 3. The minimum absolute atomic E-state index is 0.000321. The smallest absolute Gasteiger partial charge is 0.268 e. The molecule has 1 unspecified atom stereocenters. The SMILES string of the molecule is COc1cccc2[nH]c(C(=O)N[C@@H](CC3CC3)C(=O)N[C@@]3(C#N)CC4CC[C@H]3[C@H]3C(=O)NC[C@@H]43)cc12. The second kappa shape index (κ2) is 8.54. The van der Waals surface area contributed by atoms with Crippen molar-refractivity contribution in [2.75, 3.05) is 13.7 Å². The van der Waals surface area contributed by atoms with Crippen LogP contribution in [0.15, 0.2) is 24.3 Å². The maximum absolute atomic E-state index is 13.6. The molecule has 9 nitrogen and oxygen atoms in total. The van der Waals surface area contributed by atoms with E-state index in [4.69, 9.17) is 4.74 Å². The van der Waals surface area contributed by atoms with Crippen molar-refractivity contribution in [3.63, 3.8) is 0 Å². The highest BCUT2D eigenvalue weighted by Crippen LogP contribution is 2.55. The molecule has 7 rings (SSSR count). The van der Waals surface area contributed by atoms with Crippen molar-refractivity contribution in [3.8, 4) is 11.8 Å². The third-order valence-electron chi connectivity index (χ3n) is 8.90. The third kappa shape index (κ3) is 3.71. The summed E-state index contributed by atoms with van der Waals surface area (Å²) in [5, 5.41) is 20.0. The van der Waals surface area contributed by atoms with Gasteiger partial charge in [0.05, 0.1) is 13.2 Å². The topological polar surface area (TPSA) is 136 Å². The lowest BCUT2D eigenvalue weighted by Crippen LogP contribution is -2.65. The molecule has 1 aromatic heterocycles. The predicted molar refractivity (Wildman–Crippen MR) is 131 cm³/mol. The average Bonchev–Trinajstić information content (AvgIpc) is 3.44. The first-order valence-corrected chi connectivity index (χ1v) is 12.9. The van der Waals surface area contributed by atoms with Gasteiger partial charge in [-0.05, 0) is 61.6 Å². The number of H-pyrrole nitrogens is 1. The van der Waals surface area contributed by atoms with Crippen molar-refractivity contribution in [2.24, 2.45) is 29.6 Å². The summed E-state index contributed by atoms with van der Waals surface area (Å²) in [4.78, 5) is 42.5. The minimum atomic E-state index is -1.08. The zero-order valence-corrected chi connectivity index (χ0v) is 20.3. The number of nitrogens with one attached hydrogen (secondary N) is 4. The second-order valence-electron chi connectivity index (χ2n) is 11.0. The van der Waals surface area contributed by atoms with Gasteiger partial charge in [0, 0.05) is 29.3 Å². The quantitative estimate of drug-likeness (QED) is 0.473. The monoisotopic (exact) mass is 489 g/mol. The van der Waals surface area contributed by atoms with Crippen LogP contribution in [0.25, 0.3) is 10.9 Å². The Balaban J connectivity index is 1.23. The van der Waals surface area contributed by atoms with E-state index in [-0.39, 0.29) is 41.4 Å². The molecule has 2 aromatic rings. The molecule has 36 heavy (non-hydrogen) atoms. The summed E-state index contributed by atoms with van der Waals surface area (Å²) < 4.78 is 5.40. The number of fused-ring (bicyclic) bond motifs is 3. The number of carbonyl (C=O) groups is 3. The van der Waals surface area contributed by atoms with Crippen LogP contribution in [-0.4, -0.2) is 47.9 Å². The highest BCUT2D eigenvalue weighted by Gasteiger charge is 2.61. The lowest BCUT2D eigenvalue weighted by molar-refractivity contribution is -0.135. The van der Waals surface area contributed by atoms with Gasteiger partial charge in [-0.25, -0.2) is 0 Å². The van der Waals surface area contributed by atoms with Crippen molar-refractivity contribution >= 4 is 28.6 Å². The van der Waals surface area contributed by atoms with E-state index >= 15 is 0 Å². The maximum Gasteiger partial charge on any atom is 0.268 e. The van der Waals surface area contributed by atoms with Crippen molar-refractivity contribution in [2.45, 2.75) is 50.1 Å². The van der Waals surface area contributed by atoms with E-state index in [9.17, 15) is 19.6 Å². The molecule has 2 bridgehead atoms. The predicted octanol–water partition coefficient (Wildman–Crippen LogP) is 2.25. The number of hydrogen-bond donors (Lipinski definition) is 4. The lowest BCUT2D eigenvalue weighted by Gasteiger charge is -2.53. The Morgan fingerprint density at radius 2 is 2.11 bits per heavy atom. The fourth-order valence-electron chi connectivity index (χ4n) is 6.95. The molecule has 9 heteroatoms. The van der Waals surface area contributed by atoms with Gasteiger partial charge in [0.1, 0.15) is 23.0 Å². The van der Waals surface area contributed by atoms with Gasteiger partial charge in [-0.15, -0.1) is 0 Å². The Hall–Kier alpha value is -3.54. The molecule has 3 amide bonds. The van der Waals surface area contributed by atoms with Crippen LogP contribution < -0.4 is 20.7 Å². The molecule has 4 saturated carbocycles. The van der Waals surface area contributed by atoms with Gasteiger partial charge in [-0.3, -0.25) is 14.4 Å². The molecule has 1 aromatic carbocycles. The Labute approximate surface area is 209 Å². The highest BCUT2D eigenvalue weighted by molar-refractivity contribution is 6.01. The first-order valence-electron chi connectivity index (χ1n) is 12.9. The van der Waals surface area contributed by atoms with E-state index < -0.39 is 11.6 Å². The van der Waals surface area contributed by atoms with Gasteiger partial charge in [-0.2, -0.15) is 5.26 Å². The summed E-state index contributed by atoms with van der Waals surface area (Å²) in [6.07, 6.45) is 4.88. The molecule has 2 heterocycles. The van der Waals surface area contributed by atoms with Crippen molar-refractivity contribution in [3.05, 3.63) is 30.0 Å². The summed E-state index contributed by atoms with van der Waals surface area (Å²) in [6, 6.07) is 8.92. The van der Waals surface area contributed by atoms with Crippen LogP contribution in [0.5, 0.6) is 5.75 Å². The molecule has 1 aliphatic heterocycles. The van der Waals surface area contributed by atoms with Gasteiger partial charge < -0.3 is 25.7 Å². The van der Waals surface area contributed by atoms with Gasteiger partial charge >= 0.3 is 0 Å². The summed E-state index contributed by atoms with van der Waals surface area (Å²) in [5.41, 5.74) is 0.0400. The van der Waals surface area contributed by atoms with E-state index in [0.29, 0.717) is 36.7 Å². The number of benzene rings is 1. The van der Waals surface area contributed by atoms with Crippen molar-refractivity contribution < 1.29 is 19.1 Å². The first kappa shape index (κ1) is 22.9. The molecule has 6 atom stereocenters. The number of ether oxygens (including phenoxy) is 1. The molecular weight excluding hydrogens is 458 g/mol. The van der Waals surface area contributed by atoms with Crippen LogP contribution >= 0.6 is 0 Å². The zero-order valence-electron chi connectivity index (χ0n) is 20.3. The Morgan fingerprint density at radius 1 is 1.28 bits per heavy atom. The molecule has 4 aliphatic carbocycles. The lowest BCUT2D eigenvalue weighted by atomic mass is 9.52. The van der Waals surface area contributed by atoms with Crippen molar-refractivity contribution in [1.29, 1.82) is 5.26 Å². The van der Waals surface area contributed by atoms with Crippen LogP contribution in [0.1, 0.15) is 49.0 Å². The fourth-order valence-corrected chi connectivity index (χ4v) is 6.95. The van der Waals surface area contributed by atoms with E-state index in [2.05, 4.69) is 27.0 Å². The molecule has 0 radical (unpaired) electrons. The normalized spacial score (nSPS) is 31.3. The second-order valence-corrected chi connectivity index (χ2v) is 11.0. The molecule has 5 fully saturated rings. The van der Waals surface area contributed by atoms with Gasteiger partial charge in [0.15, 0.2) is 0 Å². The summed E-state index contributed by atoms with van der Waals surface area (Å²) in [7, 11) is 1.58. The van der Waals surface area contributed by atoms with Gasteiger partial charge in [0.25, 0.3) is 5.91 Å². The fraction of sp³-hybridized carbons (Fsp3) is 0.556. The highest BCUT2D eigenvalue weighted by atomic mass is 16.5. The summed E-state index contributed by atoms with van der Waals surface area (Å²) >= 11 is 0. The summed E-state index contributed by atoms with van der Waals surface area (Å²) in [5.74, 6) is 0.376. The number of nitrogens with zero attached hydrogens (tertiary/aromatic N) is 1. The average molecular weight is 490 g/mol. The minimum Gasteiger partial charge on any atom is -0.496 e. The number of hydrogen-bond acceptors (Lipinski definition) is 5. The van der Waals surface area contributed by atoms with E-state index in [1.54, 1.807) is 13.2 Å². The van der Waals surface area contributed by atoms with Crippen LogP contribution in [0.2, 0.25) is 0 Å². The van der Waals surface area contributed by atoms with Crippen LogP contribution in [0.3, 0.4) is 0 Å². The van der Waals surface area contributed by atoms with E-state index in [1.165, 1.54) is 0 Å². The van der Waals surface area contributed by atoms with Crippen molar-refractivity contribution in [1.82, 2.24) is 20.9 Å². The largest absolute Gasteiger partial charge is 0.496 e. The number of aromatic amines is 1. The standard InChI is InChI=1S/C27H31N5O4/c1-36-22-4-2-3-19-16(22)10-21(30-19)24(33)31-20(9-14-5-6-14)25(34)32-27(13-28)11-15-7-8-18(27)23-17(15)12-29-26(23)35/h2-4,10,14-15,17-18,20,23,30H,5-9,11-12H2,1H3,(H,29,35)(H,31,33)(H,32,34)/t15?,17-,18-,20-,23-,27+/m0/s1. The number of aromatic nitrogens is 1. The number of carbonyl (C=O) groups excluding carboxylic acids is 3. The number of methoxy groups -OCH3 is 1. The third-order valence-corrected chi connectivity index (χ3v) is 8.90. The number of nitriles is 1. The molecule has 4 N–H and O–H groups in total. The Bertz CT molecular complexity index is 1280. The van der Waals surface area contributed by atoms with Gasteiger partial charge in [-0.1, -0.05) is 18.9 Å². The maximum atomic E-state index is 13.6. The molecule has 0 spiro atoms. The van der Waals surface area contributed by atoms with E-state index in [0.717, 1.165) is 36.6 Å². The Morgan fingerprint density at radius 3 is 2.86 bits per heavy atom. The van der Waals surface area contributed by atoms with Crippen LogP contribution in [-0.2, 0) is 9.59 Å².